The summed E-state index contributed by atoms with van der Waals surface area (Å²) in [5.41, 5.74) is 2.34. The van der Waals surface area contributed by atoms with Crippen LogP contribution in [-0.4, -0.2) is 94.9 Å². The van der Waals surface area contributed by atoms with Crippen LogP contribution < -0.4 is 19.3 Å². The molecule has 14 nitrogen and oxygen atoms in total. The van der Waals surface area contributed by atoms with Crippen molar-refractivity contribution in [3.8, 4) is 17.8 Å². The minimum atomic E-state index is -0.639. The van der Waals surface area contributed by atoms with Crippen LogP contribution in [0.1, 0.15) is 63.8 Å². The molecule has 298 valence electrons. The summed E-state index contributed by atoms with van der Waals surface area (Å²) >= 11 is 0. The Labute approximate surface area is 332 Å². The fourth-order valence-electron chi connectivity index (χ4n) is 7.48. The van der Waals surface area contributed by atoms with Gasteiger partial charge in [0.15, 0.2) is 0 Å². The minimum Gasteiger partial charge on any atom is -0.461 e. The van der Waals surface area contributed by atoms with Gasteiger partial charge in [0.05, 0.1) is 36.3 Å². The Balaban J connectivity index is 1.18. The van der Waals surface area contributed by atoms with Crippen LogP contribution in [0.3, 0.4) is 0 Å². The summed E-state index contributed by atoms with van der Waals surface area (Å²) in [7, 11) is 1.73. The number of carbonyl (C=O) groups excluding carboxylic acids is 3. The Bertz CT molecular complexity index is 2180. The summed E-state index contributed by atoms with van der Waals surface area (Å²) in [6.07, 6.45) is 1.33. The molecule has 1 saturated carbocycles. The molecule has 3 heterocycles. The molecule has 7 rings (SSSR count). The molecule has 3 aromatic carbocycles. The van der Waals surface area contributed by atoms with Crippen molar-refractivity contribution in [1.82, 2.24) is 19.8 Å². The van der Waals surface area contributed by atoms with Crippen molar-refractivity contribution in [3.63, 3.8) is 0 Å². The fraction of sp³-hybridized carbons (Fsp3) is 0.442. The maximum atomic E-state index is 13.4. The minimum absolute atomic E-state index is 0.118. The number of rotatable bonds is 10. The highest BCUT2D eigenvalue weighted by Crippen LogP contribution is 2.42. The molecule has 1 atom stereocenters. The predicted molar refractivity (Wildman–Crippen MR) is 213 cm³/mol. The molecule has 1 saturated heterocycles. The van der Waals surface area contributed by atoms with Gasteiger partial charge in [-0.05, 0) is 57.0 Å². The maximum Gasteiger partial charge on any atom is 0.410 e. The Kier molecular flexibility index (Phi) is 11.1. The van der Waals surface area contributed by atoms with Crippen LogP contribution in [0.15, 0.2) is 66.7 Å². The van der Waals surface area contributed by atoms with Crippen LogP contribution in [0.5, 0.6) is 11.8 Å². The Morgan fingerprint density at radius 1 is 0.982 bits per heavy atom. The number of hydrogen-bond donors (Lipinski definition) is 0. The number of fused-ring (bicyclic) bond motifs is 2. The number of esters is 1. The highest BCUT2D eigenvalue weighted by atomic mass is 16.6. The van der Waals surface area contributed by atoms with Crippen molar-refractivity contribution in [3.05, 3.63) is 83.6 Å². The Hall–Kier alpha value is -6.10. The number of nitrogens with zero attached hydrogens (tertiary/aromatic N) is 7. The maximum absolute atomic E-state index is 13.4. The molecule has 2 fully saturated rings. The lowest BCUT2D eigenvalue weighted by atomic mass is 10.0. The zero-order valence-electron chi connectivity index (χ0n) is 33.2. The van der Waals surface area contributed by atoms with Gasteiger partial charge in [-0.15, -0.1) is 0 Å². The summed E-state index contributed by atoms with van der Waals surface area (Å²) in [4.78, 5) is 55.9. The van der Waals surface area contributed by atoms with Gasteiger partial charge in [-0.1, -0.05) is 54.6 Å². The lowest BCUT2D eigenvalue weighted by Gasteiger charge is -2.42. The molecule has 0 radical (unpaired) electrons. The van der Waals surface area contributed by atoms with E-state index in [2.05, 4.69) is 15.9 Å². The second-order valence-corrected chi connectivity index (χ2v) is 15.9. The zero-order valence-corrected chi connectivity index (χ0v) is 33.2. The third-order valence-corrected chi connectivity index (χ3v) is 10.7. The molecule has 2 amide bonds. The molecule has 1 aliphatic carbocycles. The van der Waals surface area contributed by atoms with Crippen LogP contribution in [0.25, 0.3) is 10.8 Å². The molecular weight excluding hydrogens is 727 g/mol. The van der Waals surface area contributed by atoms with Crippen molar-refractivity contribution in [1.29, 1.82) is 5.26 Å². The van der Waals surface area contributed by atoms with Crippen LogP contribution in [0, 0.1) is 11.3 Å². The molecule has 1 aromatic heterocycles. The van der Waals surface area contributed by atoms with E-state index in [1.807, 2.05) is 87.5 Å². The van der Waals surface area contributed by atoms with E-state index in [0.29, 0.717) is 50.7 Å². The van der Waals surface area contributed by atoms with Crippen molar-refractivity contribution >= 4 is 40.4 Å². The Morgan fingerprint density at radius 3 is 2.46 bits per heavy atom. The van der Waals surface area contributed by atoms with Gasteiger partial charge in [-0.25, -0.2) is 9.59 Å². The van der Waals surface area contributed by atoms with E-state index in [0.717, 1.165) is 46.1 Å². The summed E-state index contributed by atoms with van der Waals surface area (Å²) < 4.78 is 23.3. The number of ether oxygens (including phenoxy) is 4. The highest BCUT2D eigenvalue weighted by Gasteiger charge is 2.51. The van der Waals surface area contributed by atoms with Crippen molar-refractivity contribution in [2.75, 3.05) is 49.6 Å². The van der Waals surface area contributed by atoms with E-state index < -0.39 is 35.3 Å². The zero-order chi connectivity index (χ0) is 40.3. The number of amides is 2. The van der Waals surface area contributed by atoms with E-state index in [1.54, 1.807) is 16.8 Å². The third-order valence-electron chi connectivity index (χ3n) is 10.7. The molecule has 3 aliphatic rings. The number of nitriles is 1. The van der Waals surface area contributed by atoms with Crippen LogP contribution >= 0.6 is 0 Å². The SMILES string of the molecule is CC(=O)Oc1cc(N2CCc3c(nc(OCC4(N(C)C(=O)OC(C)(C)C)CC4)nc3N3CCN(C(=O)OCc4ccccc4)[C@@H](CC#N)C3)C2)c2ccccc2c1. The number of carbonyl (C=O) groups is 3. The Morgan fingerprint density at radius 2 is 1.74 bits per heavy atom. The van der Waals surface area contributed by atoms with Gasteiger partial charge in [0.1, 0.15) is 30.4 Å². The molecule has 2 aliphatic heterocycles. The standard InChI is InChI=1S/C43H49N7O7/c1-29(51)56-33-23-31-13-9-10-14-34(31)37(24-33)48-20-16-35-36(26-48)45-39(55-28-43(17-18-43)47(5)40(52)57-42(2,3)4)46-38(35)49-21-22-50(32(25-49)15-19-44)41(53)54-27-30-11-7-6-8-12-30/h6-14,23-24,32H,15-18,20-22,25-28H2,1-5H3/t32-/m0/s1. The normalized spacial score (nSPS) is 17.3. The van der Waals surface area contributed by atoms with Gasteiger partial charge in [-0.2, -0.15) is 15.2 Å². The number of hydrogen-bond acceptors (Lipinski definition) is 12. The van der Waals surface area contributed by atoms with Gasteiger partial charge in [-0.3, -0.25) is 4.79 Å². The van der Waals surface area contributed by atoms with Crippen molar-refractivity contribution < 1.29 is 33.3 Å². The fourth-order valence-corrected chi connectivity index (χ4v) is 7.48. The van der Waals surface area contributed by atoms with E-state index >= 15 is 0 Å². The van der Waals surface area contributed by atoms with Crippen LogP contribution in [-0.2, 0) is 33.8 Å². The van der Waals surface area contributed by atoms with Gasteiger partial charge >= 0.3 is 24.2 Å². The second kappa shape index (κ2) is 16.2. The first-order valence-electron chi connectivity index (χ1n) is 19.4. The van der Waals surface area contributed by atoms with E-state index in [4.69, 9.17) is 28.9 Å². The topological polar surface area (TPSA) is 151 Å². The van der Waals surface area contributed by atoms with Crippen LogP contribution in [0.2, 0.25) is 0 Å². The highest BCUT2D eigenvalue weighted by molar-refractivity contribution is 5.96. The lowest BCUT2D eigenvalue weighted by molar-refractivity contribution is -0.131. The number of likely N-dealkylation sites (N-methyl/N-ethyl adjacent to an activating group) is 1. The quantitative estimate of drug-likeness (QED) is 0.126. The number of anilines is 2. The molecular formula is C43H49N7O7. The van der Waals surface area contributed by atoms with Gasteiger partial charge < -0.3 is 38.5 Å². The smallest absolute Gasteiger partial charge is 0.410 e. The first-order chi connectivity index (χ1) is 27.3. The summed E-state index contributed by atoms with van der Waals surface area (Å²) in [5.74, 6) is 0.755. The molecule has 0 bridgehead atoms. The molecule has 0 N–H and O–H groups in total. The number of piperazine rings is 1. The summed E-state index contributed by atoms with van der Waals surface area (Å²) in [5, 5.41) is 11.8. The van der Waals surface area contributed by atoms with Gasteiger partial charge in [0.25, 0.3) is 0 Å². The lowest BCUT2D eigenvalue weighted by Crippen LogP contribution is -2.55. The molecule has 14 heteroatoms. The molecule has 0 spiro atoms. The summed E-state index contributed by atoms with van der Waals surface area (Å²) in [6, 6.07) is 23.2. The van der Waals surface area contributed by atoms with E-state index in [-0.39, 0.29) is 25.6 Å². The predicted octanol–water partition coefficient (Wildman–Crippen LogP) is 6.64. The third kappa shape index (κ3) is 8.98. The van der Waals surface area contributed by atoms with Crippen molar-refractivity contribution in [2.45, 2.75) is 83.7 Å². The summed E-state index contributed by atoms with van der Waals surface area (Å²) in [6.45, 7) is 9.42. The number of aromatic nitrogens is 2. The molecule has 57 heavy (non-hydrogen) atoms. The largest absolute Gasteiger partial charge is 0.461 e. The average molecular weight is 776 g/mol. The second-order valence-electron chi connectivity index (χ2n) is 15.9. The first-order valence-corrected chi connectivity index (χ1v) is 19.4. The first kappa shape index (κ1) is 39.1. The number of benzene rings is 3. The van der Waals surface area contributed by atoms with Crippen LogP contribution in [0.4, 0.5) is 21.1 Å². The molecule has 4 aromatic rings. The van der Waals surface area contributed by atoms with Gasteiger partial charge in [0.2, 0.25) is 0 Å². The van der Waals surface area contributed by atoms with E-state index in [1.165, 1.54) is 6.92 Å². The average Bonchev–Trinajstić information content (AvgIpc) is 3.98. The van der Waals surface area contributed by atoms with E-state index in [9.17, 15) is 19.6 Å². The molecule has 0 unspecified atom stereocenters. The van der Waals surface area contributed by atoms with Gasteiger partial charge in [0, 0.05) is 62.9 Å². The van der Waals surface area contributed by atoms with Crippen molar-refractivity contribution in [2.24, 2.45) is 0 Å². The monoisotopic (exact) mass is 775 g/mol.